The lowest BCUT2D eigenvalue weighted by atomic mass is 10.2. The Kier molecular flexibility index (Phi) is 25.4. The number of rotatable bonds is 16. The average molecular weight is 797 g/mol. The molecule has 58 heavy (non-hydrogen) atoms. The number of ether oxygens (including phenoxy) is 4. The van der Waals surface area contributed by atoms with Gasteiger partial charge in [0, 0.05) is 59.6 Å². The van der Waals surface area contributed by atoms with Crippen LogP contribution in [-0.4, -0.2) is 87.2 Å². The van der Waals surface area contributed by atoms with Gasteiger partial charge in [-0.25, -0.2) is 9.59 Å². The highest BCUT2D eigenvalue weighted by Gasteiger charge is 2.01. The molecule has 0 bridgehead atoms. The minimum absolute atomic E-state index is 0.0613. The van der Waals surface area contributed by atoms with Gasteiger partial charge in [0.05, 0.1) is 35.0 Å². The number of hydrogen-bond acceptors (Lipinski definition) is 9. The number of aliphatic hydroxyl groups is 1. The number of carbonyl (C=O) groups is 4. The van der Waals surface area contributed by atoms with Crippen molar-refractivity contribution < 1.29 is 53.4 Å². The summed E-state index contributed by atoms with van der Waals surface area (Å²) in [5, 5.41) is 30.6. The Bertz CT molecular complexity index is 1830. The molecule has 0 heterocycles. The third kappa shape index (κ3) is 21.1. The summed E-state index contributed by atoms with van der Waals surface area (Å²) in [6.07, 6.45) is 12.5. The lowest BCUT2D eigenvalue weighted by Gasteiger charge is -2.03. The third-order valence-electron chi connectivity index (χ3n) is 7.16. The molecule has 0 unspecified atom stereocenters. The number of carboxylic acids is 2. The molecule has 0 saturated carbocycles. The molecule has 13 heteroatoms. The normalized spacial score (nSPS) is 10.3. The number of para-hydroxylation sites is 4. The predicted molar refractivity (Wildman–Crippen MR) is 227 cm³/mol. The zero-order valence-electron chi connectivity index (χ0n) is 33.3. The Labute approximate surface area is 339 Å². The second-order valence-electron chi connectivity index (χ2n) is 11.3. The van der Waals surface area contributed by atoms with Crippen LogP contribution in [0.3, 0.4) is 0 Å². The molecule has 0 aromatic heterocycles. The molecule has 0 fully saturated rings. The van der Waals surface area contributed by atoms with E-state index in [1.165, 1.54) is 24.3 Å². The van der Waals surface area contributed by atoms with Gasteiger partial charge < -0.3 is 44.9 Å². The van der Waals surface area contributed by atoms with Crippen LogP contribution in [0.4, 0.5) is 0 Å². The first kappa shape index (κ1) is 48.9. The molecule has 308 valence electrons. The fourth-order valence-electron chi connectivity index (χ4n) is 4.41. The molecule has 0 aliphatic rings. The minimum atomic E-state index is -0.967. The van der Waals surface area contributed by atoms with Crippen molar-refractivity contribution in [1.29, 1.82) is 0 Å². The van der Waals surface area contributed by atoms with Gasteiger partial charge in [0.25, 0.3) is 0 Å². The van der Waals surface area contributed by atoms with Crippen LogP contribution in [0, 0.1) is 0 Å². The standard InChI is InChI=1S/C13H17NO2.C12H15NO3.2C10H10O3/c1-3-10-14-13(15)9-8-11-6-4-5-7-12(11)16-2;1-16-11-5-3-2-4-10(11)6-7-12(15)13-8-9-14;2*1-13-9-5-3-2-4-8(9)6-7-10(11)12/h4-9H,3,10H2,1-2H3,(H,14,15);2-7,14H,8-9H2,1H3,(H,13,15);2*2-7H,1H3,(H,11,12)/b9-8+;3*7-6+. The molecule has 0 saturated heterocycles. The maximum atomic E-state index is 11.3. The number of methoxy groups -OCH3 is 4. The lowest BCUT2D eigenvalue weighted by molar-refractivity contribution is -0.132. The summed E-state index contributed by atoms with van der Waals surface area (Å²) in [4.78, 5) is 43.1. The number of hydrogen-bond donors (Lipinski definition) is 5. The molecule has 2 amide bonds. The molecule has 4 aromatic carbocycles. The molecule has 0 radical (unpaired) electrons. The van der Waals surface area contributed by atoms with Gasteiger partial charge in [-0.2, -0.15) is 0 Å². The van der Waals surface area contributed by atoms with Crippen LogP contribution in [0.15, 0.2) is 121 Å². The highest BCUT2D eigenvalue weighted by Crippen LogP contribution is 2.21. The van der Waals surface area contributed by atoms with Crippen LogP contribution in [0.25, 0.3) is 24.3 Å². The van der Waals surface area contributed by atoms with E-state index in [1.54, 1.807) is 64.9 Å². The maximum absolute atomic E-state index is 11.3. The quantitative estimate of drug-likeness (QED) is 0.0765. The second-order valence-corrected chi connectivity index (χ2v) is 11.3. The second kappa shape index (κ2) is 30.1. The average Bonchev–Trinajstić information content (AvgIpc) is 3.25. The first-order valence-electron chi connectivity index (χ1n) is 17.9. The Morgan fingerprint density at radius 2 is 0.759 bits per heavy atom. The number of carboxylic acid groups (broad SMARTS) is 2. The number of amides is 2. The summed E-state index contributed by atoms with van der Waals surface area (Å²) >= 11 is 0. The van der Waals surface area contributed by atoms with Gasteiger partial charge in [0.2, 0.25) is 11.8 Å². The maximum Gasteiger partial charge on any atom is 0.328 e. The predicted octanol–water partition coefficient (Wildman–Crippen LogP) is 6.64. The zero-order valence-corrected chi connectivity index (χ0v) is 33.3. The van der Waals surface area contributed by atoms with E-state index in [0.29, 0.717) is 23.8 Å². The van der Waals surface area contributed by atoms with Gasteiger partial charge in [0.15, 0.2) is 0 Å². The first-order chi connectivity index (χ1) is 28.0. The Hall–Kier alpha value is -7.12. The number of benzene rings is 4. The van der Waals surface area contributed by atoms with Crippen LogP contribution in [-0.2, 0) is 19.2 Å². The van der Waals surface area contributed by atoms with Crippen molar-refractivity contribution in [2.75, 3.05) is 48.1 Å². The Balaban J connectivity index is 0.000000389. The van der Waals surface area contributed by atoms with E-state index in [-0.39, 0.29) is 25.0 Å². The summed E-state index contributed by atoms with van der Waals surface area (Å²) in [6.45, 7) is 2.92. The molecule has 0 atom stereocenters. The van der Waals surface area contributed by atoms with Crippen molar-refractivity contribution in [1.82, 2.24) is 10.6 Å². The lowest BCUT2D eigenvalue weighted by Crippen LogP contribution is -2.24. The van der Waals surface area contributed by atoms with Crippen molar-refractivity contribution in [2.45, 2.75) is 13.3 Å². The van der Waals surface area contributed by atoms with E-state index < -0.39 is 11.9 Å². The number of aliphatic carboxylic acids is 2. The van der Waals surface area contributed by atoms with Gasteiger partial charge in [-0.1, -0.05) is 79.7 Å². The van der Waals surface area contributed by atoms with Crippen molar-refractivity contribution in [3.63, 3.8) is 0 Å². The van der Waals surface area contributed by atoms with E-state index in [4.69, 9.17) is 34.3 Å². The number of aliphatic hydroxyl groups excluding tert-OH is 1. The Morgan fingerprint density at radius 3 is 1.02 bits per heavy atom. The Morgan fingerprint density at radius 1 is 0.483 bits per heavy atom. The molecule has 4 rings (SSSR count). The van der Waals surface area contributed by atoms with E-state index in [9.17, 15) is 19.2 Å². The summed E-state index contributed by atoms with van der Waals surface area (Å²) in [5.41, 5.74) is 3.25. The molecular weight excluding hydrogens is 744 g/mol. The summed E-state index contributed by atoms with van der Waals surface area (Å²) < 4.78 is 20.4. The zero-order chi connectivity index (χ0) is 43.0. The third-order valence-corrected chi connectivity index (χ3v) is 7.16. The number of carbonyl (C=O) groups excluding carboxylic acids is 2. The summed E-state index contributed by atoms with van der Waals surface area (Å²) in [5.74, 6) is 0.570. The fourth-order valence-corrected chi connectivity index (χ4v) is 4.41. The van der Waals surface area contributed by atoms with Crippen molar-refractivity contribution >= 4 is 48.1 Å². The van der Waals surface area contributed by atoms with Crippen molar-refractivity contribution in [3.05, 3.63) is 144 Å². The smallest absolute Gasteiger partial charge is 0.328 e. The monoisotopic (exact) mass is 796 g/mol. The van der Waals surface area contributed by atoms with Gasteiger partial charge in [0.1, 0.15) is 23.0 Å². The molecule has 0 aliphatic heterocycles. The van der Waals surface area contributed by atoms with Crippen LogP contribution in [0.2, 0.25) is 0 Å². The van der Waals surface area contributed by atoms with Gasteiger partial charge in [-0.3, -0.25) is 9.59 Å². The van der Waals surface area contributed by atoms with E-state index >= 15 is 0 Å². The van der Waals surface area contributed by atoms with E-state index in [1.807, 2.05) is 79.7 Å². The van der Waals surface area contributed by atoms with E-state index in [2.05, 4.69) is 10.6 Å². The van der Waals surface area contributed by atoms with Crippen LogP contribution >= 0.6 is 0 Å². The molecule has 0 spiro atoms. The van der Waals surface area contributed by atoms with Crippen LogP contribution < -0.4 is 29.6 Å². The van der Waals surface area contributed by atoms with Crippen LogP contribution in [0.1, 0.15) is 35.6 Å². The molecule has 0 aliphatic carbocycles. The largest absolute Gasteiger partial charge is 0.496 e. The van der Waals surface area contributed by atoms with Gasteiger partial charge in [-0.15, -0.1) is 0 Å². The molecule has 4 aromatic rings. The van der Waals surface area contributed by atoms with E-state index in [0.717, 1.165) is 46.6 Å². The van der Waals surface area contributed by atoms with Gasteiger partial charge in [-0.05, 0) is 55.0 Å². The highest BCUT2D eigenvalue weighted by molar-refractivity contribution is 5.92. The van der Waals surface area contributed by atoms with Crippen LogP contribution in [0.5, 0.6) is 23.0 Å². The van der Waals surface area contributed by atoms with Gasteiger partial charge >= 0.3 is 11.9 Å². The summed E-state index contributed by atoms with van der Waals surface area (Å²) in [6, 6.07) is 29.4. The molecule has 5 N–H and O–H groups in total. The topological polar surface area (TPSA) is 190 Å². The van der Waals surface area contributed by atoms with Crippen molar-refractivity contribution in [2.24, 2.45) is 0 Å². The highest BCUT2D eigenvalue weighted by atomic mass is 16.5. The first-order valence-corrected chi connectivity index (χ1v) is 17.9. The summed E-state index contributed by atoms with van der Waals surface area (Å²) in [7, 11) is 6.29. The SMILES string of the molecule is CCCNC(=O)/C=C/c1ccccc1OC.COc1ccccc1/C=C/C(=O)NCCO.COc1ccccc1/C=C/C(=O)O.COc1ccccc1/C=C/C(=O)O. The number of nitrogens with one attached hydrogen (secondary N) is 2. The minimum Gasteiger partial charge on any atom is -0.496 e. The fraction of sp³-hybridized carbons (Fsp3) is 0.200. The molecular formula is C45H52N2O11. The molecule has 13 nitrogen and oxygen atoms in total. The van der Waals surface area contributed by atoms with Crippen molar-refractivity contribution in [3.8, 4) is 23.0 Å².